The molecule has 1 amide bonds. The Kier molecular flexibility index (Phi) is 4.46. The molecule has 2 rings (SSSR count). The Labute approximate surface area is 126 Å². The Morgan fingerprint density at radius 1 is 1.45 bits per heavy atom. The van der Waals surface area contributed by atoms with Gasteiger partial charge in [-0.15, -0.1) is 11.3 Å². The fraction of sp³-hybridized carbons (Fsp3) is 0.167. The maximum Gasteiger partial charge on any atom is 0.275 e. The van der Waals surface area contributed by atoms with Gasteiger partial charge in [0, 0.05) is 11.4 Å². The third-order valence-corrected chi connectivity index (χ3v) is 4.06. The number of anilines is 1. The van der Waals surface area contributed by atoms with Crippen LogP contribution in [0.15, 0.2) is 22.0 Å². The Bertz CT molecular complexity index is 660. The lowest BCUT2D eigenvalue weighted by Gasteiger charge is -2.06. The smallest absolute Gasteiger partial charge is 0.275 e. The molecule has 1 unspecified atom stereocenters. The number of nitrogens with one attached hydrogen (secondary N) is 1. The van der Waals surface area contributed by atoms with E-state index in [2.05, 4.69) is 26.2 Å². The lowest BCUT2D eigenvalue weighted by atomic mass is 10.3. The molecule has 0 saturated heterocycles. The van der Waals surface area contributed by atoms with E-state index < -0.39 is 17.5 Å². The first kappa shape index (κ1) is 15.0. The number of halogens is 3. The van der Waals surface area contributed by atoms with Gasteiger partial charge in [0.05, 0.1) is 16.2 Å². The Balaban J connectivity index is 2.21. The molecular formula is C12H10BrF2N3OS. The monoisotopic (exact) mass is 361 g/mol. The van der Waals surface area contributed by atoms with Crippen molar-refractivity contribution in [1.82, 2.24) is 4.98 Å². The van der Waals surface area contributed by atoms with Crippen molar-refractivity contribution in [3.8, 4) is 0 Å². The van der Waals surface area contributed by atoms with Crippen LogP contribution in [-0.4, -0.2) is 10.9 Å². The highest BCUT2D eigenvalue weighted by atomic mass is 79.9. The Morgan fingerprint density at radius 2 is 2.15 bits per heavy atom. The highest BCUT2D eigenvalue weighted by Crippen LogP contribution is 2.24. The second-order valence-corrected chi connectivity index (χ2v) is 5.80. The first-order valence-corrected chi connectivity index (χ1v) is 7.22. The topological polar surface area (TPSA) is 68.0 Å². The molecule has 2 aromatic rings. The maximum atomic E-state index is 13.5. The zero-order chi connectivity index (χ0) is 14.9. The number of carbonyl (C=O) groups is 1. The summed E-state index contributed by atoms with van der Waals surface area (Å²) >= 11 is 4.17. The normalized spacial score (nSPS) is 12.2. The van der Waals surface area contributed by atoms with Gasteiger partial charge < -0.3 is 11.1 Å². The van der Waals surface area contributed by atoms with Crippen LogP contribution in [0, 0.1) is 11.6 Å². The van der Waals surface area contributed by atoms with Crippen LogP contribution in [0.1, 0.15) is 28.5 Å². The van der Waals surface area contributed by atoms with E-state index in [0.29, 0.717) is 11.1 Å². The van der Waals surface area contributed by atoms with Crippen LogP contribution in [0.4, 0.5) is 14.5 Å². The van der Waals surface area contributed by atoms with Gasteiger partial charge in [0.15, 0.2) is 0 Å². The molecule has 106 valence electrons. The predicted molar refractivity (Wildman–Crippen MR) is 76.7 cm³/mol. The number of thiazole rings is 1. The van der Waals surface area contributed by atoms with E-state index in [1.165, 1.54) is 16.7 Å². The van der Waals surface area contributed by atoms with Gasteiger partial charge >= 0.3 is 0 Å². The molecule has 0 fully saturated rings. The minimum atomic E-state index is -0.860. The number of carbonyl (C=O) groups excluding carboxylic acids is 1. The standard InChI is InChI=1S/C12H10BrF2N3OS/c1-5(16)12-18-10(4-20-12)11(19)17-9-2-6(13)7(14)3-8(9)15/h2-5H,16H2,1H3,(H,17,19). The summed E-state index contributed by atoms with van der Waals surface area (Å²) in [7, 11) is 0. The summed E-state index contributed by atoms with van der Waals surface area (Å²) in [5.74, 6) is -2.18. The van der Waals surface area contributed by atoms with Crippen LogP contribution in [-0.2, 0) is 0 Å². The zero-order valence-electron chi connectivity index (χ0n) is 10.3. The molecule has 1 aromatic carbocycles. The summed E-state index contributed by atoms with van der Waals surface area (Å²) in [5.41, 5.74) is 5.66. The van der Waals surface area contributed by atoms with Crippen molar-refractivity contribution in [2.24, 2.45) is 5.73 Å². The molecule has 1 heterocycles. The average molecular weight is 362 g/mol. The van der Waals surface area contributed by atoms with E-state index >= 15 is 0 Å². The lowest BCUT2D eigenvalue weighted by Crippen LogP contribution is -2.14. The molecule has 0 bridgehead atoms. The van der Waals surface area contributed by atoms with Crippen LogP contribution < -0.4 is 11.1 Å². The number of amides is 1. The molecule has 0 spiro atoms. The number of benzene rings is 1. The van der Waals surface area contributed by atoms with Crippen LogP contribution in [0.5, 0.6) is 0 Å². The fourth-order valence-corrected chi connectivity index (χ4v) is 2.51. The van der Waals surface area contributed by atoms with Crippen molar-refractivity contribution in [1.29, 1.82) is 0 Å². The van der Waals surface area contributed by atoms with Gasteiger partial charge in [-0.1, -0.05) is 0 Å². The summed E-state index contributed by atoms with van der Waals surface area (Å²) in [4.78, 5) is 16.0. The Morgan fingerprint density at radius 3 is 2.75 bits per heavy atom. The number of nitrogens with two attached hydrogens (primary N) is 1. The van der Waals surface area contributed by atoms with E-state index in [1.807, 2.05) is 0 Å². The molecule has 20 heavy (non-hydrogen) atoms. The minimum absolute atomic E-state index is 0.0590. The average Bonchev–Trinajstić information content (AvgIpc) is 2.85. The summed E-state index contributed by atoms with van der Waals surface area (Å²) < 4.78 is 26.7. The molecular weight excluding hydrogens is 352 g/mol. The van der Waals surface area contributed by atoms with E-state index in [4.69, 9.17) is 5.73 Å². The van der Waals surface area contributed by atoms with Gasteiger partial charge in [-0.25, -0.2) is 13.8 Å². The van der Waals surface area contributed by atoms with Crippen molar-refractivity contribution in [3.05, 3.63) is 44.3 Å². The van der Waals surface area contributed by atoms with Crippen molar-refractivity contribution >= 4 is 38.9 Å². The van der Waals surface area contributed by atoms with Crippen molar-refractivity contribution in [2.75, 3.05) is 5.32 Å². The molecule has 1 aromatic heterocycles. The van der Waals surface area contributed by atoms with Crippen LogP contribution in [0.3, 0.4) is 0 Å². The molecule has 0 aliphatic carbocycles. The number of nitrogens with zero attached hydrogens (tertiary/aromatic N) is 1. The van der Waals surface area contributed by atoms with Gasteiger partial charge in [-0.05, 0) is 28.9 Å². The lowest BCUT2D eigenvalue weighted by molar-refractivity contribution is 0.102. The third kappa shape index (κ3) is 3.20. The SMILES string of the molecule is CC(N)c1nc(C(=O)Nc2cc(Br)c(F)cc2F)cs1. The summed E-state index contributed by atoms with van der Waals surface area (Å²) in [6.45, 7) is 1.75. The largest absolute Gasteiger partial charge is 0.322 e. The van der Waals surface area contributed by atoms with E-state index in [9.17, 15) is 13.6 Å². The van der Waals surface area contributed by atoms with Crippen LogP contribution in [0.25, 0.3) is 0 Å². The van der Waals surface area contributed by atoms with Crippen LogP contribution in [0.2, 0.25) is 0 Å². The van der Waals surface area contributed by atoms with Crippen molar-refractivity contribution in [3.63, 3.8) is 0 Å². The number of hydrogen-bond donors (Lipinski definition) is 2. The second-order valence-electron chi connectivity index (χ2n) is 4.06. The second kappa shape index (κ2) is 5.94. The molecule has 1 atom stereocenters. The van der Waals surface area contributed by atoms with Gasteiger partial charge in [-0.2, -0.15) is 0 Å². The first-order valence-electron chi connectivity index (χ1n) is 5.55. The third-order valence-electron chi connectivity index (χ3n) is 2.40. The summed E-state index contributed by atoms with van der Waals surface area (Å²) in [6.07, 6.45) is 0. The van der Waals surface area contributed by atoms with Crippen molar-refractivity contribution in [2.45, 2.75) is 13.0 Å². The molecule has 0 radical (unpaired) electrons. The summed E-state index contributed by atoms with van der Waals surface area (Å²) in [6, 6.07) is 1.56. The maximum absolute atomic E-state index is 13.5. The molecule has 8 heteroatoms. The molecule has 4 nitrogen and oxygen atoms in total. The van der Waals surface area contributed by atoms with E-state index in [0.717, 1.165) is 6.07 Å². The molecule has 0 saturated carbocycles. The molecule has 3 N–H and O–H groups in total. The highest BCUT2D eigenvalue weighted by molar-refractivity contribution is 9.10. The quantitative estimate of drug-likeness (QED) is 0.822. The first-order chi connectivity index (χ1) is 9.38. The zero-order valence-corrected chi connectivity index (χ0v) is 12.7. The highest BCUT2D eigenvalue weighted by Gasteiger charge is 2.16. The van der Waals surface area contributed by atoms with E-state index in [-0.39, 0.29) is 21.9 Å². The van der Waals surface area contributed by atoms with Crippen LogP contribution >= 0.6 is 27.3 Å². The number of rotatable bonds is 3. The number of hydrogen-bond acceptors (Lipinski definition) is 4. The Hall–Kier alpha value is -1.38. The van der Waals surface area contributed by atoms with Gasteiger partial charge in [0.25, 0.3) is 5.91 Å². The summed E-state index contributed by atoms with van der Waals surface area (Å²) in [5, 5.41) is 4.48. The number of aromatic nitrogens is 1. The van der Waals surface area contributed by atoms with Gasteiger partial charge in [0.1, 0.15) is 22.3 Å². The predicted octanol–water partition coefficient (Wildman–Crippen LogP) is 3.46. The molecule has 0 aliphatic rings. The minimum Gasteiger partial charge on any atom is -0.322 e. The molecule has 0 aliphatic heterocycles. The fourth-order valence-electron chi connectivity index (χ4n) is 1.41. The van der Waals surface area contributed by atoms with E-state index in [1.54, 1.807) is 6.92 Å². The van der Waals surface area contributed by atoms with Gasteiger partial charge in [-0.3, -0.25) is 4.79 Å². The van der Waals surface area contributed by atoms with Gasteiger partial charge in [0.2, 0.25) is 0 Å². The van der Waals surface area contributed by atoms with Crippen molar-refractivity contribution < 1.29 is 13.6 Å².